The van der Waals surface area contributed by atoms with E-state index in [1.165, 1.54) is 10.9 Å². The first-order chi connectivity index (χ1) is 31.0. The van der Waals surface area contributed by atoms with Gasteiger partial charge < -0.3 is 78.2 Å². The molecule has 0 aliphatic carbocycles. The number of ether oxygens (including phenoxy) is 9. The maximum absolute atomic E-state index is 11.8. The summed E-state index contributed by atoms with van der Waals surface area (Å²) < 4.78 is 91.3. The van der Waals surface area contributed by atoms with Gasteiger partial charge in [0.25, 0.3) is 0 Å². The fourth-order valence-electron chi connectivity index (χ4n) is 4.49. The Morgan fingerprint density at radius 3 is 1.28 bits per heavy atom. The van der Waals surface area contributed by atoms with Gasteiger partial charge in [0.2, 0.25) is 0 Å². The number of aliphatic hydroxyl groups excluding tert-OH is 2. The summed E-state index contributed by atoms with van der Waals surface area (Å²) in [5.74, 6) is 0.0426. The molecule has 33 heteroatoms. The van der Waals surface area contributed by atoms with E-state index >= 15 is 0 Å². The van der Waals surface area contributed by atoms with Crippen molar-refractivity contribution in [2.24, 2.45) is 0 Å². The van der Waals surface area contributed by atoms with Gasteiger partial charge in [-0.25, -0.2) is 28.6 Å². The first kappa shape index (κ1) is 67.2. The van der Waals surface area contributed by atoms with Gasteiger partial charge in [-0.05, 0) is 55.4 Å². The predicted octanol–water partition coefficient (Wildman–Crippen LogP) is 0.614. The van der Waals surface area contributed by atoms with Gasteiger partial charge in [-0.15, -0.1) is 0 Å². The van der Waals surface area contributed by atoms with Crippen molar-refractivity contribution in [2.45, 2.75) is 130 Å². The van der Waals surface area contributed by atoms with E-state index < -0.39 is 54.6 Å². The zero-order valence-corrected chi connectivity index (χ0v) is 43.5. The number of aromatic nitrogens is 4. The largest absolute Gasteiger partial charge is 0.490 e. The second-order valence-electron chi connectivity index (χ2n) is 13.7. The SMILES string of the molecule is COC(C)NC(C)OC.COC(C)NC(C)OC.COC(C)NC(C)OC.COC(C)NC(C)OC.Nc1ncnc2c1ncn2[C@@H]1O[C@H](COP(=O)(O)OP(=O)(O)OP(=O)(O)O)[C@@H](O)[C@H]1O. The van der Waals surface area contributed by atoms with E-state index in [1.807, 2.05) is 55.4 Å². The molecule has 3 heterocycles. The van der Waals surface area contributed by atoms with Crippen molar-refractivity contribution in [3.63, 3.8) is 0 Å². The molecular weight excluding hydrogens is 963 g/mol. The summed E-state index contributed by atoms with van der Waals surface area (Å²) in [7, 11) is -3.46. The van der Waals surface area contributed by atoms with E-state index in [0.717, 1.165) is 6.33 Å². The minimum atomic E-state index is -5.70. The number of nitrogen functional groups attached to an aromatic ring is 1. The van der Waals surface area contributed by atoms with E-state index in [-0.39, 0.29) is 66.8 Å². The molecule has 398 valence electrons. The summed E-state index contributed by atoms with van der Waals surface area (Å²) >= 11 is 0. The lowest BCUT2D eigenvalue weighted by molar-refractivity contribution is -0.0503. The van der Waals surface area contributed by atoms with Gasteiger partial charge in [0.15, 0.2) is 17.7 Å². The highest BCUT2D eigenvalue weighted by Gasteiger charge is 2.47. The van der Waals surface area contributed by atoms with Crippen LogP contribution in [0.2, 0.25) is 0 Å². The Bertz CT molecular complexity index is 1640. The Balaban J connectivity index is 0. The van der Waals surface area contributed by atoms with Crippen molar-refractivity contribution < 1.29 is 99.3 Å². The monoisotopic (exact) mass is 1040 g/mol. The fourth-order valence-corrected chi connectivity index (χ4v) is 7.52. The summed E-state index contributed by atoms with van der Waals surface area (Å²) in [6.45, 7) is 14.5. The average molecular weight is 1040 g/mol. The van der Waals surface area contributed by atoms with Gasteiger partial charge in [-0.3, -0.25) is 30.4 Å². The van der Waals surface area contributed by atoms with Gasteiger partial charge >= 0.3 is 23.5 Å². The van der Waals surface area contributed by atoms with Crippen LogP contribution in [0, 0.1) is 0 Å². The Hall–Kier alpha value is -1.84. The number of fused-ring (bicyclic) bond motifs is 1. The van der Waals surface area contributed by atoms with E-state index in [2.05, 4.69) is 49.4 Å². The van der Waals surface area contributed by atoms with Crippen LogP contribution in [-0.4, -0.2) is 181 Å². The van der Waals surface area contributed by atoms with Gasteiger partial charge in [0.1, 0.15) is 80.0 Å². The zero-order chi connectivity index (χ0) is 52.3. The highest BCUT2D eigenvalue weighted by Crippen LogP contribution is 2.66. The molecular formula is C34H76N9O21P3. The van der Waals surface area contributed by atoms with Gasteiger partial charge in [0.05, 0.1) is 12.9 Å². The van der Waals surface area contributed by atoms with Gasteiger partial charge in [-0.2, -0.15) is 8.62 Å². The van der Waals surface area contributed by atoms with Crippen molar-refractivity contribution in [2.75, 3.05) is 69.2 Å². The summed E-state index contributed by atoms with van der Waals surface area (Å²) in [5.41, 5.74) is 6.00. The van der Waals surface area contributed by atoms with Gasteiger partial charge in [0, 0.05) is 56.9 Å². The van der Waals surface area contributed by atoms with Crippen LogP contribution >= 0.6 is 23.5 Å². The Labute approximate surface area is 391 Å². The van der Waals surface area contributed by atoms with Crippen LogP contribution in [-0.2, 0) is 69.5 Å². The molecule has 0 bridgehead atoms. The highest BCUT2D eigenvalue weighted by atomic mass is 31.3. The third-order valence-electron chi connectivity index (χ3n) is 8.52. The van der Waals surface area contributed by atoms with Crippen molar-refractivity contribution in [1.82, 2.24) is 40.8 Å². The molecule has 1 saturated heterocycles. The number of rotatable bonds is 24. The maximum atomic E-state index is 11.8. The number of imidazole rings is 1. The molecule has 10 unspecified atom stereocenters. The number of nitrogens with zero attached hydrogens (tertiary/aromatic N) is 4. The van der Waals surface area contributed by atoms with Crippen LogP contribution < -0.4 is 27.0 Å². The molecule has 1 fully saturated rings. The van der Waals surface area contributed by atoms with Crippen LogP contribution in [0.4, 0.5) is 5.82 Å². The molecule has 3 rings (SSSR count). The molecule has 0 aromatic carbocycles. The zero-order valence-electron chi connectivity index (χ0n) is 40.8. The fraction of sp³-hybridized carbons (Fsp3) is 0.853. The molecule has 1 aliphatic rings. The summed E-state index contributed by atoms with van der Waals surface area (Å²) in [6, 6.07) is 0. The maximum Gasteiger partial charge on any atom is 0.490 e. The first-order valence-corrected chi connectivity index (χ1v) is 24.5. The molecule has 2 aromatic rings. The second kappa shape index (κ2) is 34.5. The number of nitrogens with one attached hydrogen (secondary N) is 4. The molecule has 67 heavy (non-hydrogen) atoms. The summed E-state index contributed by atoms with van der Waals surface area (Å²) in [5, 5.41) is 32.5. The van der Waals surface area contributed by atoms with E-state index in [9.17, 15) is 28.8 Å². The molecule has 12 N–H and O–H groups in total. The van der Waals surface area contributed by atoms with Crippen LogP contribution in [0.3, 0.4) is 0 Å². The summed E-state index contributed by atoms with van der Waals surface area (Å²) in [6.07, 6.45) is -3.25. The third kappa shape index (κ3) is 29.8. The Morgan fingerprint density at radius 2 is 0.955 bits per heavy atom. The number of methoxy groups -OCH3 is 8. The smallest absolute Gasteiger partial charge is 0.387 e. The standard InChI is InChI=1S/C10H16N5O13P3.4C6H15NO2/c11-8-5-9(13-2-12-8)15(3-14-5)10-7(17)6(16)4(26-10)1-25-30(21,22)28-31(23,24)27-29(18,19)20;4*1-5(8-3)7-6(2)9-4/h2-4,6-7,10,16-17H,1H2,(H,21,22)(H,23,24)(H2,11,12,13)(H2,18,19,20);4*5-7H,1-4H3/t4-,6-,7-,10-;;;;/m1..../s1. The van der Waals surface area contributed by atoms with Crippen molar-refractivity contribution in [3.8, 4) is 0 Å². The van der Waals surface area contributed by atoms with E-state index in [0.29, 0.717) is 0 Å². The van der Waals surface area contributed by atoms with E-state index in [1.54, 1.807) is 56.9 Å². The second-order valence-corrected chi connectivity index (χ2v) is 18.1. The first-order valence-electron chi connectivity index (χ1n) is 20.0. The predicted molar refractivity (Wildman–Crippen MR) is 240 cm³/mol. The molecule has 1 aliphatic heterocycles. The molecule has 0 amide bonds. The highest BCUT2D eigenvalue weighted by molar-refractivity contribution is 7.66. The summed E-state index contributed by atoms with van der Waals surface area (Å²) in [4.78, 5) is 47.2. The van der Waals surface area contributed by atoms with Crippen molar-refractivity contribution >= 4 is 40.4 Å². The van der Waals surface area contributed by atoms with Crippen molar-refractivity contribution in [1.29, 1.82) is 0 Å². The number of anilines is 1. The third-order valence-corrected chi connectivity index (χ3v) is 12.3. The number of hydrogen-bond acceptors (Lipinski definition) is 25. The molecule has 0 radical (unpaired) electrons. The lowest BCUT2D eigenvalue weighted by Gasteiger charge is -2.19. The molecule has 30 nitrogen and oxygen atoms in total. The topological polar surface area (TPSA) is 401 Å². The minimum absolute atomic E-state index is 0.0426. The number of phosphoric ester groups is 1. The molecule has 0 saturated carbocycles. The molecule has 0 spiro atoms. The average Bonchev–Trinajstić information content (AvgIpc) is 3.81. The number of phosphoric acid groups is 3. The quantitative estimate of drug-likeness (QED) is 0.0507. The van der Waals surface area contributed by atoms with Crippen LogP contribution in [0.25, 0.3) is 11.2 Å². The van der Waals surface area contributed by atoms with Crippen LogP contribution in [0.15, 0.2) is 12.7 Å². The van der Waals surface area contributed by atoms with Gasteiger partial charge in [-0.1, -0.05) is 0 Å². The van der Waals surface area contributed by atoms with Crippen molar-refractivity contribution in [3.05, 3.63) is 12.7 Å². The number of nitrogens with two attached hydrogens (primary N) is 1. The van der Waals surface area contributed by atoms with Crippen LogP contribution in [0.1, 0.15) is 61.6 Å². The number of aliphatic hydroxyl groups is 2. The molecule has 14 atom stereocenters. The Morgan fingerprint density at radius 1 is 0.597 bits per heavy atom. The normalized spacial score (nSPS) is 22.5. The van der Waals surface area contributed by atoms with Crippen LogP contribution in [0.5, 0.6) is 0 Å². The number of hydrogen-bond donors (Lipinski definition) is 11. The molecule has 2 aromatic heterocycles. The lowest BCUT2D eigenvalue weighted by atomic mass is 10.1. The van der Waals surface area contributed by atoms with E-state index in [4.69, 9.17) is 63.0 Å². The lowest BCUT2D eigenvalue weighted by Crippen LogP contribution is -2.36. The Kier molecular flexibility index (Phi) is 34.6. The minimum Gasteiger partial charge on any atom is -0.387 e.